The Balaban J connectivity index is 2.04. The van der Waals surface area contributed by atoms with Crippen LogP contribution in [0.5, 0.6) is 11.5 Å². The Hall–Kier alpha value is -2.01. The lowest BCUT2D eigenvalue weighted by Gasteiger charge is -2.10. The quantitative estimate of drug-likeness (QED) is 0.882. The number of aromatic carboxylic acids is 1. The summed E-state index contributed by atoms with van der Waals surface area (Å²) in [7, 11) is 1.50. The molecule has 1 aromatic heterocycles. The molecule has 0 aliphatic heterocycles. The predicted molar refractivity (Wildman–Crippen MR) is 73.5 cm³/mol. The van der Waals surface area contributed by atoms with Crippen molar-refractivity contribution in [2.75, 3.05) is 13.7 Å². The summed E-state index contributed by atoms with van der Waals surface area (Å²) in [6.45, 7) is 0.452. The number of carboxylic acids is 1. The topological polar surface area (TPSA) is 55.8 Å². The molecule has 0 bridgehead atoms. The Kier molecular flexibility index (Phi) is 4.41. The van der Waals surface area contributed by atoms with Crippen LogP contribution < -0.4 is 9.47 Å². The molecule has 0 saturated heterocycles. The van der Waals surface area contributed by atoms with E-state index in [1.807, 2.05) is 17.5 Å². The maximum atomic E-state index is 11.1. The average molecular weight is 278 g/mol. The zero-order chi connectivity index (χ0) is 13.7. The molecule has 0 radical (unpaired) electrons. The number of carbonyl (C=O) groups is 1. The summed E-state index contributed by atoms with van der Waals surface area (Å²) in [5, 5.41) is 11.1. The summed E-state index contributed by atoms with van der Waals surface area (Å²) in [5.41, 5.74) is 0.116. The van der Waals surface area contributed by atoms with Crippen LogP contribution in [0.25, 0.3) is 0 Å². The van der Waals surface area contributed by atoms with E-state index in [-0.39, 0.29) is 5.56 Å². The fraction of sp³-hybridized carbons (Fsp3) is 0.214. The van der Waals surface area contributed by atoms with Crippen molar-refractivity contribution in [3.8, 4) is 11.5 Å². The van der Waals surface area contributed by atoms with Gasteiger partial charge < -0.3 is 14.6 Å². The molecule has 0 saturated carbocycles. The van der Waals surface area contributed by atoms with Gasteiger partial charge in [0.05, 0.1) is 13.7 Å². The fourth-order valence-electron chi connectivity index (χ4n) is 1.65. The second-order valence-electron chi connectivity index (χ2n) is 3.85. The van der Waals surface area contributed by atoms with Gasteiger partial charge in [-0.1, -0.05) is 6.07 Å². The number of thiophene rings is 1. The maximum absolute atomic E-state index is 11.1. The van der Waals surface area contributed by atoms with Crippen LogP contribution in [0, 0.1) is 0 Å². The summed E-state index contributed by atoms with van der Waals surface area (Å²) in [4.78, 5) is 12.4. The standard InChI is InChI=1S/C14H14O4S/c1-17-10-4-5-13(12(9-10)14(15)16)18-7-6-11-3-2-8-19-11/h2-5,8-9H,6-7H2,1H3,(H,15,16). The Bertz CT molecular complexity index is 549. The van der Waals surface area contributed by atoms with Crippen molar-refractivity contribution in [2.45, 2.75) is 6.42 Å². The van der Waals surface area contributed by atoms with Gasteiger partial charge in [0.15, 0.2) is 0 Å². The molecule has 2 aromatic rings. The number of hydrogen-bond donors (Lipinski definition) is 1. The highest BCUT2D eigenvalue weighted by Crippen LogP contribution is 2.24. The van der Waals surface area contributed by atoms with Crippen LogP contribution in [0.3, 0.4) is 0 Å². The Morgan fingerprint density at radius 3 is 2.84 bits per heavy atom. The van der Waals surface area contributed by atoms with Gasteiger partial charge in [0.25, 0.3) is 0 Å². The van der Waals surface area contributed by atoms with Crippen LogP contribution in [0.1, 0.15) is 15.2 Å². The van der Waals surface area contributed by atoms with Gasteiger partial charge in [-0.15, -0.1) is 11.3 Å². The largest absolute Gasteiger partial charge is 0.497 e. The van der Waals surface area contributed by atoms with Gasteiger partial charge in [-0.25, -0.2) is 4.79 Å². The molecule has 0 aliphatic rings. The van der Waals surface area contributed by atoms with Crippen LogP contribution >= 0.6 is 11.3 Å². The molecule has 0 spiro atoms. The molecule has 0 atom stereocenters. The van der Waals surface area contributed by atoms with Crippen LogP contribution in [0.2, 0.25) is 0 Å². The lowest BCUT2D eigenvalue weighted by Crippen LogP contribution is -2.06. The monoisotopic (exact) mass is 278 g/mol. The number of hydrogen-bond acceptors (Lipinski definition) is 4. The molecular weight excluding hydrogens is 264 g/mol. The van der Waals surface area contributed by atoms with E-state index >= 15 is 0 Å². The van der Waals surface area contributed by atoms with Crippen molar-refractivity contribution in [2.24, 2.45) is 0 Å². The maximum Gasteiger partial charge on any atom is 0.339 e. The van der Waals surface area contributed by atoms with Crippen LogP contribution in [-0.2, 0) is 6.42 Å². The average Bonchev–Trinajstić information content (AvgIpc) is 2.92. The zero-order valence-corrected chi connectivity index (χ0v) is 11.3. The molecule has 2 rings (SSSR count). The van der Waals surface area contributed by atoms with Gasteiger partial charge in [-0.05, 0) is 29.6 Å². The molecule has 1 heterocycles. The van der Waals surface area contributed by atoms with Gasteiger partial charge >= 0.3 is 5.97 Å². The third-order valence-corrected chi connectivity index (χ3v) is 3.54. The normalized spacial score (nSPS) is 10.2. The van der Waals surface area contributed by atoms with Crippen molar-refractivity contribution >= 4 is 17.3 Å². The first-order chi connectivity index (χ1) is 9.20. The summed E-state index contributed by atoms with van der Waals surface area (Å²) in [6.07, 6.45) is 0.767. The number of benzene rings is 1. The van der Waals surface area contributed by atoms with Gasteiger partial charge in [0.2, 0.25) is 0 Å². The molecule has 1 N–H and O–H groups in total. The van der Waals surface area contributed by atoms with Crippen LogP contribution in [-0.4, -0.2) is 24.8 Å². The Morgan fingerprint density at radius 2 is 2.21 bits per heavy atom. The van der Waals surface area contributed by atoms with E-state index in [0.29, 0.717) is 18.1 Å². The van der Waals surface area contributed by atoms with E-state index in [1.54, 1.807) is 23.5 Å². The third kappa shape index (κ3) is 3.48. The minimum Gasteiger partial charge on any atom is -0.497 e. The number of rotatable bonds is 6. The molecule has 4 nitrogen and oxygen atoms in total. The Morgan fingerprint density at radius 1 is 1.37 bits per heavy atom. The van der Waals surface area contributed by atoms with E-state index in [4.69, 9.17) is 14.6 Å². The van der Waals surface area contributed by atoms with Crippen LogP contribution in [0.4, 0.5) is 0 Å². The highest BCUT2D eigenvalue weighted by atomic mass is 32.1. The lowest BCUT2D eigenvalue weighted by atomic mass is 10.2. The molecular formula is C14H14O4S. The van der Waals surface area contributed by atoms with E-state index in [2.05, 4.69) is 0 Å². The number of methoxy groups -OCH3 is 1. The summed E-state index contributed by atoms with van der Waals surface area (Å²) < 4.78 is 10.5. The van der Waals surface area contributed by atoms with E-state index in [9.17, 15) is 4.79 Å². The van der Waals surface area contributed by atoms with Gasteiger partial charge in [0.1, 0.15) is 17.1 Å². The van der Waals surface area contributed by atoms with E-state index in [1.165, 1.54) is 18.1 Å². The molecule has 1 aromatic carbocycles. The lowest BCUT2D eigenvalue weighted by molar-refractivity contribution is 0.0692. The molecule has 5 heteroatoms. The predicted octanol–water partition coefficient (Wildman–Crippen LogP) is 3.08. The van der Waals surface area contributed by atoms with Crippen molar-refractivity contribution in [3.05, 3.63) is 46.2 Å². The second-order valence-corrected chi connectivity index (χ2v) is 4.88. The van der Waals surface area contributed by atoms with Crippen molar-refractivity contribution in [3.63, 3.8) is 0 Å². The fourth-order valence-corrected chi connectivity index (χ4v) is 2.34. The molecule has 19 heavy (non-hydrogen) atoms. The molecule has 0 amide bonds. The number of ether oxygens (including phenoxy) is 2. The second kappa shape index (κ2) is 6.24. The Labute approximate surface area is 115 Å². The zero-order valence-electron chi connectivity index (χ0n) is 10.5. The van der Waals surface area contributed by atoms with Crippen molar-refractivity contribution in [1.29, 1.82) is 0 Å². The first kappa shape index (κ1) is 13.4. The highest BCUT2D eigenvalue weighted by Gasteiger charge is 2.12. The van der Waals surface area contributed by atoms with Crippen molar-refractivity contribution in [1.82, 2.24) is 0 Å². The van der Waals surface area contributed by atoms with Gasteiger partial charge in [-0.3, -0.25) is 0 Å². The molecule has 100 valence electrons. The first-order valence-electron chi connectivity index (χ1n) is 5.77. The summed E-state index contributed by atoms with van der Waals surface area (Å²) in [5.74, 6) is -0.155. The molecule has 0 aliphatic carbocycles. The van der Waals surface area contributed by atoms with Crippen LogP contribution in [0.15, 0.2) is 35.7 Å². The minimum absolute atomic E-state index is 0.116. The number of carboxylic acid groups (broad SMARTS) is 1. The summed E-state index contributed by atoms with van der Waals surface area (Å²) >= 11 is 1.66. The van der Waals surface area contributed by atoms with Gasteiger partial charge in [0, 0.05) is 11.3 Å². The SMILES string of the molecule is COc1ccc(OCCc2cccs2)c(C(=O)O)c1. The minimum atomic E-state index is -1.02. The smallest absolute Gasteiger partial charge is 0.339 e. The molecule has 0 fully saturated rings. The van der Waals surface area contributed by atoms with E-state index in [0.717, 1.165) is 6.42 Å². The molecule has 0 unspecified atom stereocenters. The summed E-state index contributed by atoms with van der Waals surface area (Å²) in [6, 6.07) is 8.78. The first-order valence-corrected chi connectivity index (χ1v) is 6.65. The highest BCUT2D eigenvalue weighted by molar-refractivity contribution is 7.09. The third-order valence-electron chi connectivity index (χ3n) is 2.60. The van der Waals surface area contributed by atoms with Gasteiger partial charge in [-0.2, -0.15) is 0 Å². The van der Waals surface area contributed by atoms with E-state index < -0.39 is 5.97 Å². The van der Waals surface area contributed by atoms with Crippen molar-refractivity contribution < 1.29 is 19.4 Å².